The van der Waals surface area contributed by atoms with Crippen LogP contribution >= 0.6 is 0 Å². The lowest BCUT2D eigenvalue weighted by Gasteiger charge is -2.48. The lowest BCUT2D eigenvalue weighted by molar-refractivity contribution is -0.923. The molecule has 1 saturated heterocycles. The number of hydrogen-bond acceptors (Lipinski definition) is 1. The number of nitrogens with one attached hydrogen (secondary N) is 2. The molecule has 0 radical (unpaired) electrons. The predicted octanol–water partition coefficient (Wildman–Crippen LogP) is -0.0520. The fourth-order valence-corrected chi connectivity index (χ4v) is 5.86. The van der Waals surface area contributed by atoms with Crippen LogP contribution in [0.4, 0.5) is 0 Å². The van der Waals surface area contributed by atoms with Gasteiger partial charge in [0.2, 0.25) is 0 Å². The summed E-state index contributed by atoms with van der Waals surface area (Å²) in [6, 6.07) is 0.752. The number of quaternary nitrogens is 2. The number of likely N-dealkylation sites (tertiary alicyclic amines) is 1. The summed E-state index contributed by atoms with van der Waals surface area (Å²) >= 11 is 0. The summed E-state index contributed by atoms with van der Waals surface area (Å²) in [6.07, 6.45) is 6.64. The van der Waals surface area contributed by atoms with Gasteiger partial charge in [0.1, 0.15) is 12.6 Å². The highest BCUT2D eigenvalue weighted by molar-refractivity contribution is 5.77. The van der Waals surface area contributed by atoms with E-state index < -0.39 is 0 Å². The van der Waals surface area contributed by atoms with Crippen molar-refractivity contribution in [1.29, 1.82) is 0 Å². The van der Waals surface area contributed by atoms with E-state index in [0.29, 0.717) is 12.5 Å². The van der Waals surface area contributed by atoms with Crippen molar-refractivity contribution in [3.05, 3.63) is 0 Å². The second-order valence-corrected chi connectivity index (χ2v) is 9.01. The molecule has 2 aliphatic carbocycles. The second-order valence-electron chi connectivity index (χ2n) is 9.01. The zero-order chi connectivity index (χ0) is 16.7. The van der Waals surface area contributed by atoms with Gasteiger partial charge in [-0.05, 0) is 50.4 Å². The molecule has 4 heteroatoms. The molecule has 1 unspecified atom stereocenters. The van der Waals surface area contributed by atoms with Gasteiger partial charge in [-0.1, -0.05) is 13.8 Å². The Morgan fingerprint density at radius 3 is 2.61 bits per heavy atom. The van der Waals surface area contributed by atoms with Crippen molar-refractivity contribution in [2.45, 2.75) is 71.4 Å². The standard InChI is InChI=1S/C19H35N3O/c1-5-22-10-6-7-16(22)12-20-13-17(23)21-19(4)15-9-8-14(11-15)18(19,2)3/h14-16,20H,5-13H2,1-4H3,(H,21,23)/p+2/t14-,15-,16-,19+/m0/s1. The van der Waals surface area contributed by atoms with E-state index in [1.807, 2.05) is 0 Å². The van der Waals surface area contributed by atoms with Crippen LogP contribution in [-0.4, -0.2) is 43.7 Å². The number of nitrogens with two attached hydrogens (primary N) is 1. The van der Waals surface area contributed by atoms with Crippen molar-refractivity contribution in [3.8, 4) is 0 Å². The summed E-state index contributed by atoms with van der Waals surface area (Å²) in [7, 11) is 0. The number of carbonyl (C=O) groups is 1. The Kier molecular flexibility index (Phi) is 4.76. The lowest BCUT2D eigenvalue weighted by atomic mass is 9.64. The highest BCUT2D eigenvalue weighted by Crippen LogP contribution is 2.61. The lowest BCUT2D eigenvalue weighted by Crippen LogP contribution is -3.16. The molecule has 5 atom stereocenters. The number of rotatable bonds is 6. The highest BCUT2D eigenvalue weighted by atomic mass is 16.2. The fraction of sp³-hybridized carbons (Fsp3) is 0.947. The molecule has 0 spiro atoms. The molecule has 0 aromatic heterocycles. The summed E-state index contributed by atoms with van der Waals surface area (Å²) in [5.74, 6) is 1.72. The number of fused-ring (bicyclic) bond motifs is 2. The van der Waals surface area contributed by atoms with Crippen molar-refractivity contribution in [2.75, 3.05) is 26.2 Å². The van der Waals surface area contributed by atoms with Crippen LogP contribution in [0.5, 0.6) is 0 Å². The zero-order valence-corrected chi connectivity index (χ0v) is 15.6. The monoisotopic (exact) mass is 323 g/mol. The third kappa shape index (κ3) is 2.93. The van der Waals surface area contributed by atoms with Gasteiger partial charge < -0.3 is 15.5 Å². The molecule has 3 aliphatic rings. The quantitative estimate of drug-likeness (QED) is 0.631. The minimum absolute atomic E-state index is 0.00506. The predicted molar refractivity (Wildman–Crippen MR) is 92.2 cm³/mol. The Bertz CT molecular complexity index is 450. The first-order valence-electron chi connectivity index (χ1n) is 9.85. The maximum atomic E-state index is 12.5. The van der Waals surface area contributed by atoms with Crippen LogP contribution in [0.25, 0.3) is 0 Å². The van der Waals surface area contributed by atoms with Gasteiger partial charge in [0.25, 0.3) is 5.91 Å². The van der Waals surface area contributed by atoms with Crippen LogP contribution in [0.15, 0.2) is 0 Å². The Hall–Kier alpha value is -0.610. The average molecular weight is 324 g/mol. The topological polar surface area (TPSA) is 50.2 Å². The third-order valence-corrected chi connectivity index (χ3v) is 7.87. The van der Waals surface area contributed by atoms with Crippen molar-refractivity contribution in [1.82, 2.24) is 5.32 Å². The number of hydrogen-bond donors (Lipinski definition) is 3. The maximum Gasteiger partial charge on any atom is 0.275 e. The molecule has 3 fully saturated rings. The molecule has 2 saturated carbocycles. The van der Waals surface area contributed by atoms with Crippen LogP contribution in [0.1, 0.15) is 59.8 Å². The normalized spacial score (nSPS) is 41.4. The van der Waals surface area contributed by atoms with Crippen LogP contribution in [0.2, 0.25) is 0 Å². The first-order chi connectivity index (χ1) is 10.9. The summed E-state index contributed by atoms with van der Waals surface area (Å²) in [5, 5.41) is 5.69. The van der Waals surface area contributed by atoms with Gasteiger partial charge in [0, 0.05) is 18.4 Å². The van der Waals surface area contributed by atoms with Gasteiger partial charge in [-0.3, -0.25) is 4.79 Å². The van der Waals surface area contributed by atoms with Crippen LogP contribution in [0.3, 0.4) is 0 Å². The van der Waals surface area contributed by atoms with E-state index in [-0.39, 0.29) is 16.9 Å². The largest absolute Gasteiger partial charge is 0.345 e. The molecule has 1 amide bonds. The summed E-state index contributed by atoms with van der Waals surface area (Å²) in [6.45, 7) is 13.5. The molecule has 3 rings (SSSR count). The van der Waals surface area contributed by atoms with Gasteiger partial charge in [0.05, 0.1) is 13.1 Å². The Morgan fingerprint density at radius 1 is 1.22 bits per heavy atom. The van der Waals surface area contributed by atoms with E-state index in [1.54, 1.807) is 4.90 Å². The SMILES string of the molecule is CC[NH+]1CCC[C@H]1C[NH2+]CC(=O)N[C@]1(C)[C@H]2CC[C@@H](C2)C1(C)C. The smallest absolute Gasteiger partial charge is 0.275 e. The first-order valence-corrected chi connectivity index (χ1v) is 9.85. The van der Waals surface area contributed by atoms with Gasteiger partial charge in [-0.15, -0.1) is 0 Å². The van der Waals surface area contributed by atoms with E-state index >= 15 is 0 Å². The van der Waals surface area contributed by atoms with E-state index in [2.05, 4.69) is 38.3 Å². The second kappa shape index (κ2) is 6.36. The summed E-state index contributed by atoms with van der Waals surface area (Å²) in [4.78, 5) is 14.3. The van der Waals surface area contributed by atoms with Crippen molar-refractivity contribution < 1.29 is 15.0 Å². The third-order valence-electron chi connectivity index (χ3n) is 7.87. The van der Waals surface area contributed by atoms with Gasteiger partial charge in [-0.25, -0.2) is 0 Å². The highest BCUT2D eigenvalue weighted by Gasteiger charge is 2.60. The first kappa shape index (κ1) is 17.2. The Balaban J connectivity index is 1.48. The minimum atomic E-state index is -0.00506. The van der Waals surface area contributed by atoms with Crippen molar-refractivity contribution >= 4 is 5.91 Å². The van der Waals surface area contributed by atoms with Crippen molar-refractivity contribution in [2.24, 2.45) is 17.3 Å². The molecule has 132 valence electrons. The van der Waals surface area contributed by atoms with Gasteiger partial charge in [0.15, 0.2) is 6.54 Å². The molecule has 1 heterocycles. The van der Waals surface area contributed by atoms with E-state index in [0.717, 1.165) is 18.5 Å². The molecule has 23 heavy (non-hydrogen) atoms. The average Bonchev–Trinajstić information content (AvgIpc) is 3.18. The summed E-state index contributed by atoms with van der Waals surface area (Å²) < 4.78 is 0. The maximum absolute atomic E-state index is 12.5. The molecule has 4 N–H and O–H groups in total. The molecular weight excluding hydrogens is 286 g/mol. The Labute approximate surface area is 141 Å². The minimum Gasteiger partial charge on any atom is -0.345 e. The van der Waals surface area contributed by atoms with Crippen LogP contribution in [0, 0.1) is 17.3 Å². The Morgan fingerprint density at radius 2 is 1.96 bits per heavy atom. The molecule has 1 aliphatic heterocycles. The van der Waals surface area contributed by atoms with E-state index in [4.69, 9.17) is 0 Å². The number of likely N-dealkylation sites (N-methyl/N-ethyl adjacent to an activating group) is 1. The van der Waals surface area contributed by atoms with E-state index in [1.165, 1.54) is 45.2 Å². The zero-order valence-electron chi connectivity index (χ0n) is 15.6. The fourth-order valence-electron chi connectivity index (χ4n) is 5.86. The van der Waals surface area contributed by atoms with Crippen molar-refractivity contribution in [3.63, 3.8) is 0 Å². The molecule has 2 bridgehead atoms. The number of carbonyl (C=O) groups excluding carboxylic acids is 1. The van der Waals surface area contributed by atoms with Crippen LogP contribution < -0.4 is 15.5 Å². The molecule has 0 aromatic rings. The molecular formula is C19H37N3O+2. The van der Waals surface area contributed by atoms with E-state index in [9.17, 15) is 4.79 Å². The molecule has 4 nitrogen and oxygen atoms in total. The van der Waals surface area contributed by atoms with Gasteiger partial charge >= 0.3 is 0 Å². The summed E-state index contributed by atoms with van der Waals surface area (Å²) in [5.41, 5.74) is 0.231. The molecule has 0 aromatic carbocycles. The number of amides is 1. The van der Waals surface area contributed by atoms with Gasteiger partial charge in [-0.2, -0.15) is 0 Å². The van der Waals surface area contributed by atoms with Crippen LogP contribution in [-0.2, 0) is 4.79 Å².